The Kier molecular flexibility index (Phi) is 49.1. The summed E-state index contributed by atoms with van der Waals surface area (Å²) in [6.07, 6.45) is 22.6. The van der Waals surface area contributed by atoms with Gasteiger partial charge in [-0.05, 0) is 0 Å². The molecule has 0 aliphatic rings. The molecular formula is C44H80Cl2Ge4S2. The van der Waals surface area contributed by atoms with Crippen molar-refractivity contribution < 1.29 is 0 Å². The molecule has 52 heavy (non-hydrogen) atoms. The van der Waals surface area contributed by atoms with Gasteiger partial charge in [-0.25, -0.2) is 0 Å². The molecular weight excluding hydrogens is 954 g/mol. The Hall–Kier alpha value is 1.89. The van der Waals surface area contributed by atoms with Gasteiger partial charge in [0.25, 0.3) is 0 Å². The molecule has 298 valence electrons. The standard InChI is InChI=1S/2C14H22ClGeS.2C8H18Ge/c2*1-3-5-11-16(12-6-4-2)17-14-9-7-13(15)8-10-14;2*1-3-5-7-9-8-6-4-2/h2*7-10H,3-6,11-12H2,1-2H3;2*3-8H2,1-2H3. The van der Waals surface area contributed by atoms with Crippen molar-refractivity contribution in [3.05, 3.63) is 58.6 Å². The molecule has 0 fully saturated rings. The molecule has 0 unspecified atom stereocenters. The van der Waals surface area contributed by atoms with Crippen LogP contribution in [-0.2, 0) is 0 Å². The van der Waals surface area contributed by atoms with Gasteiger partial charge in [0.05, 0.1) is 0 Å². The van der Waals surface area contributed by atoms with Gasteiger partial charge in [0.15, 0.2) is 0 Å². The molecule has 0 heterocycles. The fourth-order valence-electron chi connectivity index (χ4n) is 4.75. The van der Waals surface area contributed by atoms with Crippen LogP contribution in [0.25, 0.3) is 0 Å². The molecule has 0 nitrogen and oxygen atoms in total. The molecule has 0 amide bonds. The molecule has 0 atom stereocenters. The third kappa shape index (κ3) is 40.1. The number of unbranched alkanes of at least 4 members (excludes halogenated alkanes) is 8. The van der Waals surface area contributed by atoms with Gasteiger partial charge in [-0.1, -0.05) is 0 Å². The van der Waals surface area contributed by atoms with E-state index in [0.717, 1.165) is 10.0 Å². The summed E-state index contributed by atoms with van der Waals surface area (Å²) < 4.78 is 0. The van der Waals surface area contributed by atoms with Crippen LogP contribution in [0.4, 0.5) is 0 Å². The molecule has 0 aliphatic heterocycles. The van der Waals surface area contributed by atoms with Gasteiger partial charge in [0, 0.05) is 0 Å². The Morgan fingerprint density at radius 3 is 0.827 bits per heavy atom. The normalized spacial score (nSPS) is 10.7. The Labute approximate surface area is 365 Å². The van der Waals surface area contributed by atoms with Crippen LogP contribution in [-0.4, -0.2) is 57.3 Å². The van der Waals surface area contributed by atoms with Crippen LogP contribution in [0.1, 0.15) is 158 Å². The SMILES string of the molecule is CCC[CH2][Ge]([CH2]CCC)[S]c1ccc(Cl)cc1.CCC[CH2][Ge]([CH2]CCC)[S]c1ccc(Cl)cc1.CCC[CH2][Ge][CH2]CCC.CCC[CH2][Ge][CH2]CCC. The molecule has 0 N–H and O–H groups in total. The molecule has 8 heteroatoms. The van der Waals surface area contributed by atoms with E-state index < -0.39 is 26.4 Å². The van der Waals surface area contributed by atoms with Crippen molar-refractivity contribution in [1.29, 1.82) is 0 Å². The van der Waals surface area contributed by atoms with Crippen LogP contribution in [0.3, 0.4) is 0 Å². The predicted molar refractivity (Wildman–Crippen MR) is 255 cm³/mol. The van der Waals surface area contributed by atoms with Crippen LogP contribution < -0.4 is 0 Å². The number of rotatable bonds is 28. The average Bonchev–Trinajstić information content (AvgIpc) is 3.16. The number of halogens is 2. The van der Waals surface area contributed by atoms with E-state index in [-0.39, 0.29) is 0 Å². The Balaban J connectivity index is 0. The molecule has 2 rings (SSSR count). The van der Waals surface area contributed by atoms with Crippen molar-refractivity contribution in [2.45, 2.75) is 210 Å². The zero-order valence-corrected chi connectivity index (χ0v) is 46.7. The maximum atomic E-state index is 5.92. The molecule has 0 aliphatic carbocycles. The fraction of sp³-hybridized carbons (Fsp3) is 0.727. The van der Waals surface area contributed by atoms with Gasteiger partial charge in [0.2, 0.25) is 0 Å². The van der Waals surface area contributed by atoms with Gasteiger partial charge in [-0.3, -0.25) is 0 Å². The monoisotopic (exact) mass is 1040 g/mol. The van der Waals surface area contributed by atoms with E-state index in [1.807, 2.05) is 24.3 Å². The molecule has 0 bridgehead atoms. The maximum absolute atomic E-state index is 5.92. The van der Waals surface area contributed by atoms with Crippen molar-refractivity contribution in [3.8, 4) is 0 Å². The molecule has 2 aromatic rings. The minimum absolute atomic E-state index is 0.496. The summed E-state index contributed by atoms with van der Waals surface area (Å²) in [6.45, 7) is 18.3. The van der Waals surface area contributed by atoms with E-state index in [4.69, 9.17) is 23.2 Å². The van der Waals surface area contributed by atoms with Crippen LogP contribution in [0, 0.1) is 0 Å². The summed E-state index contributed by atoms with van der Waals surface area (Å²) in [7, 11) is 4.37. The van der Waals surface area contributed by atoms with E-state index in [1.54, 1.807) is 21.0 Å². The van der Waals surface area contributed by atoms with Crippen molar-refractivity contribution in [1.82, 2.24) is 0 Å². The molecule has 0 saturated carbocycles. The first-order chi connectivity index (χ1) is 25.3. The van der Waals surface area contributed by atoms with Crippen molar-refractivity contribution in [3.63, 3.8) is 0 Å². The fourth-order valence-corrected chi connectivity index (χ4v) is 31.5. The van der Waals surface area contributed by atoms with E-state index in [1.165, 1.54) is 134 Å². The van der Waals surface area contributed by atoms with E-state index in [2.05, 4.69) is 99.8 Å². The summed E-state index contributed by atoms with van der Waals surface area (Å²) in [5.74, 6) is 0. The minimum atomic E-state index is -0.920. The first-order valence-electron chi connectivity index (χ1n) is 21.3. The summed E-state index contributed by atoms with van der Waals surface area (Å²) in [5.41, 5.74) is 0. The Bertz CT molecular complexity index is 845. The molecule has 2 aromatic carbocycles. The van der Waals surface area contributed by atoms with E-state index in [9.17, 15) is 0 Å². The van der Waals surface area contributed by atoms with E-state index in [0.29, 0.717) is 30.9 Å². The second-order valence-electron chi connectivity index (χ2n) is 13.5. The Morgan fingerprint density at radius 2 is 0.615 bits per heavy atom. The summed E-state index contributed by atoms with van der Waals surface area (Å²) in [4.78, 5) is 2.85. The van der Waals surface area contributed by atoms with Crippen molar-refractivity contribution in [2.75, 3.05) is 0 Å². The van der Waals surface area contributed by atoms with Crippen molar-refractivity contribution >= 4 is 101 Å². The quantitative estimate of drug-likeness (QED) is 0.0615. The molecule has 6 radical (unpaired) electrons. The van der Waals surface area contributed by atoms with Gasteiger partial charge in [-0.15, -0.1) is 0 Å². The van der Waals surface area contributed by atoms with Crippen LogP contribution in [0.5, 0.6) is 0 Å². The average molecular weight is 1030 g/mol. The topological polar surface area (TPSA) is 0 Å². The first kappa shape index (κ1) is 56.0. The summed E-state index contributed by atoms with van der Waals surface area (Å²) >= 11 is 11.0. The second-order valence-corrected chi connectivity index (χ2v) is 39.3. The Morgan fingerprint density at radius 1 is 0.385 bits per heavy atom. The zero-order valence-electron chi connectivity index (χ0n) is 35.2. The van der Waals surface area contributed by atoms with Gasteiger partial charge >= 0.3 is 369 Å². The number of benzene rings is 2. The van der Waals surface area contributed by atoms with Gasteiger partial charge < -0.3 is 0 Å². The predicted octanol–water partition coefficient (Wildman–Crippen LogP) is 18.3. The van der Waals surface area contributed by atoms with Crippen molar-refractivity contribution in [2.24, 2.45) is 0 Å². The van der Waals surface area contributed by atoms with Gasteiger partial charge in [-0.2, -0.15) is 0 Å². The third-order valence-corrected chi connectivity index (χ3v) is 34.7. The first-order valence-corrected chi connectivity index (χ1v) is 40.7. The van der Waals surface area contributed by atoms with Crippen LogP contribution in [0.15, 0.2) is 58.3 Å². The molecule has 0 aromatic heterocycles. The van der Waals surface area contributed by atoms with Crippen LogP contribution >= 0.6 is 43.4 Å². The number of hydrogen-bond donors (Lipinski definition) is 0. The van der Waals surface area contributed by atoms with Gasteiger partial charge in [0.1, 0.15) is 0 Å². The molecule has 0 spiro atoms. The van der Waals surface area contributed by atoms with Crippen LogP contribution in [0.2, 0.25) is 52.1 Å². The molecule has 0 saturated heterocycles. The van der Waals surface area contributed by atoms with E-state index >= 15 is 0 Å². The number of hydrogen-bond acceptors (Lipinski definition) is 2. The second kappa shape index (κ2) is 45.6. The summed E-state index contributed by atoms with van der Waals surface area (Å²) in [5, 5.41) is 14.0. The summed E-state index contributed by atoms with van der Waals surface area (Å²) in [6, 6.07) is 16.8. The zero-order chi connectivity index (χ0) is 38.9. The third-order valence-electron chi connectivity index (χ3n) is 8.22.